The number of hydrogen-bond acceptors (Lipinski definition) is 2. The van der Waals surface area contributed by atoms with E-state index in [0.717, 1.165) is 20.4 Å². The highest BCUT2D eigenvalue weighted by molar-refractivity contribution is 14.1. The third-order valence-corrected chi connectivity index (χ3v) is 5.29. The number of fused-ring (bicyclic) bond motifs is 1. The number of aryl methyl sites for hydroxylation is 2. The quantitative estimate of drug-likeness (QED) is 0.350. The van der Waals surface area contributed by atoms with E-state index in [1.165, 1.54) is 5.56 Å². The Labute approximate surface area is 177 Å². The SMILES string of the molecule is Cc1ccc(-n2c(/C=C/c3cccc(C)c3)nc3ccc(I)cc3c2=O)cc1. The van der Waals surface area contributed by atoms with Crippen molar-refractivity contribution in [3.63, 3.8) is 0 Å². The molecule has 4 heteroatoms. The zero-order valence-electron chi connectivity index (χ0n) is 15.7. The molecule has 3 aromatic carbocycles. The molecule has 0 unspecified atom stereocenters. The van der Waals surface area contributed by atoms with Gasteiger partial charge >= 0.3 is 0 Å². The van der Waals surface area contributed by atoms with E-state index in [9.17, 15) is 4.79 Å². The average molecular weight is 478 g/mol. The zero-order chi connectivity index (χ0) is 19.7. The molecule has 0 spiro atoms. The molecule has 0 saturated carbocycles. The molecule has 0 aliphatic carbocycles. The Kier molecular flexibility index (Phi) is 5.13. The molecule has 0 radical (unpaired) electrons. The second-order valence-electron chi connectivity index (χ2n) is 6.86. The minimum absolute atomic E-state index is 0.0590. The largest absolute Gasteiger partial charge is 0.268 e. The minimum atomic E-state index is -0.0590. The van der Waals surface area contributed by atoms with Gasteiger partial charge in [0.15, 0.2) is 0 Å². The standard InChI is InChI=1S/C24H19IN2O/c1-16-6-10-20(11-7-16)27-23(13-8-18-5-3-4-17(2)14-18)26-22-12-9-19(25)15-21(22)24(27)28/h3-15H,1-2H3/b13-8+. The van der Waals surface area contributed by atoms with Gasteiger partial charge < -0.3 is 0 Å². The van der Waals surface area contributed by atoms with Crippen LogP contribution in [0.3, 0.4) is 0 Å². The van der Waals surface area contributed by atoms with Gasteiger partial charge in [0, 0.05) is 3.57 Å². The summed E-state index contributed by atoms with van der Waals surface area (Å²) in [7, 11) is 0. The highest BCUT2D eigenvalue weighted by Crippen LogP contribution is 2.18. The first-order valence-corrected chi connectivity index (χ1v) is 10.1. The lowest BCUT2D eigenvalue weighted by Crippen LogP contribution is -2.22. The fraction of sp³-hybridized carbons (Fsp3) is 0.0833. The van der Waals surface area contributed by atoms with Crippen LogP contribution in [-0.4, -0.2) is 9.55 Å². The summed E-state index contributed by atoms with van der Waals surface area (Å²) in [5.41, 5.74) is 4.88. The van der Waals surface area contributed by atoms with Crippen molar-refractivity contribution in [1.29, 1.82) is 0 Å². The molecule has 4 aromatic rings. The first kappa shape index (κ1) is 18.6. The molecular weight excluding hydrogens is 459 g/mol. The lowest BCUT2D eigenvalue weighted by molar-refractivity contribution is 0.943. The molecule has 0 bridgehead atoms. The van der Waals surface area contributed by atoms with Gasteiger partial charge in [0.05, 0.1) is 16.6 Å². The number of aromatic nitrogens is 2. The lowest BCUT2D eigenvalue weighted by atomic mass is 10.1. The van der Waals surface area contributed by atoms with Gasteiger partial charge in [-0.25, -0.2) is 4.98 Å². The number of hydrogen-bond donors (Lipinski definition) is 0. The summed E-state index contributed by atoms with van der Waals surface area (Å²) in [6.07, 6.45) is 3.91. The van der Waals surface area contributed by atoms with Crippen LogP contribution in [0.2, 0.25) is 0 Å². The lowest BCUT2D eigenvalue weighted by Gasteiger charge is -2.12. The van der Waals surface area contributed by atoms with E-state index in [1.54, 1.807) is 4.57 Å². The first-order valence-electron chi connectivity index (χ1n) is 9.05. The van der Waals surface area contributed by atoms with Crippen molar-refractivity contribution in [3.8, 4) is 5.69 Å². The van der Waals surface area contributed by atoms with E-state index in [1.807, 2.05) is 73.7 Å². The zero-order valence-corrected chi connectivity index (χ0v) is 17.8. The molecule has 138 valence electrons. The van der Waals surface area contributed by atoms with Crippen LogP contribution in [0, 0.1) is 17.4 Å². The van der Waals surface area contributed by atoms with Gasteiger partial charge in [-0.1, -0.05) is 53.6 Å². The molecule has 0 aliphatic heterocycles. The molecule has 3 nitrogen and oxygen atoms in total. The smallest absolute Gasteiger partial charge is 0.266 e. The van der Waals surface area contributed by atoms with Gasteiger partial charge in [-0.2, -0.15) is 0 Å². The van der Waals surface area contributed by atoms with Crippen molar-refractivity contribution in [2.24, 2.45) is 0 Å². The van der Waals surface area contributed by atoms with Crippen molar-refractivity contribution in [1.82, 2.24) is 9.55 Å². The molecule has 0 saturated heterocycles. The maximum absolute atomic E-state index is 13.3. The van der Waals surface area contributed by atoms with Crippen molar-refractivity contribution in [2.45, 2.75) is 13.8 Å². The molecule has 0 atom stereocenters. The van der Waals surface area contributed by atoms with Gasteiger partial charge in [0.1, 0.15) is 5.82 Å². The number of rotatable bonds is 3. The van der Waals surface area contributed by atoms with Gasteiger partial charge in [0.25, 0.3) is 5.56 Å². The first-order chi connectivity index (χ1) is 13.5. The van der Waals surface area contributed by atoms with E-state index in [-0.39, 0.29) is 5.56 Å². The van der Waals surface area contributed by atoms with Crippen molar-refractivity contribution >= 4 is 45.6 Å². The predicted molar refractivity (Wildman–Crippen MR) is 125 cm³/mol. The number of benzene rings is 3. The maximum Gasteiger partial charge on any atom is 0.266 e. The minimum Gasteiger partial charge on any atom is -0.268 e. The summed E-state index contributed by atoms with van der Waals surface area (Å²) in [6, 6.07) is 21.9. The third-order valence-electron chi connectivity index (χ3n) is 4.62. The van der Waals surface area contributed by atoms with E-state index in [4.69, 9.17) is 4.98 Å². The molecule has 0 aliphatic rings. The number of nitrogens with zero attached hydrogens (tertiary/aromatic N) is 2. The van der Waals surface area contributed by atoms with Crippen LogP contribution in [0.5, 0.6) is 0 Å². The Morgan fingerprint density at radius 1 is 0.893 bits per heavy atom. The number of halogens is 1. The molecule has 1 heterocycles. The van der Waals surface area contributed by atoms with Crippen molar-refractivity contribution in [2.75, 3.05) is 0 Å². The predicted octanol–water partition coefficient (Wildman–Crippen LogP) is 5.78. The normalized spacial score (nSPS) is 11.4. The Morgan fingerprint density at radius 2 is 1.68 bits per heavy atom. The summed E-state index contributed by atoms with van der Waals surface area (Å²) >= 11 is 2.22. The van der Waals surface area contributed by atoms with Crippen LogP contribution < -0.4 is 5.56 Å². The fourth-order valence-corrected chi connectivity index (χ4v) is 3.67. The maximum atomic E-state index is 13.3. The summed E-state index contributed by atoms with van der Waals surface area (Å²) in [6.45, 7) is 4.10. The molecule has 4 rings (SSSR count). The Morgan fingerprint density at radius 3 is 2.43 bits per heavy atom. The van der Waals surface area contributed by atoms with Gasteiger partial charge in [0.2, 0.25) is 0 Å². The molecule has 28 heavy (non-hydrogen) atoms. The average Bonchev–Trinajstić information content (AvgIpc) is 2.68. The summed E-state index contributed by atoms with van der Waals surface area (Å²) in [5, 5.41) is 0.625. The van der Waals surface area contributed by atoms with Crippen LogP contribution >= 0.6 is 22.6 Å². The van der Waals surface area contributed by atoms with E-state index in [2.05, 4.69) is 41.6 Å². The Hall–Kier alpha value is -2.73. The highest BCUT2D eigenvalue weighted by atomic mass is 127. The van der Waals surface area contributed by atoms with Crippen LogP contribution in [-0.2, 0) is 0 Å². The highest BCUT2D eigenvalue weighted by Gasteiger charge is 2.11. The van der Waals surface area contributed by atoms with E-state index in [0.29, 0.717) is 16.7 Å². The summed E-state index contributed by atoms with van der Waals surface area (Å²) in [4.78, 5) is 18.1. The van der Waals surface area contributed by atoms with Crippen LogP contribution in [0.1, 0.15) is 22.5 Å². The third kappa shape index (κ3) is 3.78. The van der Waals surface area contributed by atoms with Gasteiger partial charge in [-0.05, 0) is 78.4 Å². The van der Waals surface area contributed by atoms with Crippen molar-refractivity contribution in [3.05, 3.63) is 103 Å². The van der Waals surface area contributed by atoms with Gasteiger partial charge in [-0.3, -0.25) is 9.36 Å². The van der Waals surface area contributed by atoms with Crippen LogP contribution in [0.4, 0.5) is 0 Å². The Bertz CT molecular complexity index is 1250. The summed E-state index contributed by atoms with van der Waals surface area (Å²) < 4.78 is 2.70. The van der Waals surface area contributed by atoms with E-state index < -0.39 is 0 Å². The summed E-state index contributed by atoms with van der Waals surface area (Å²) in [5.74, 6) is 0.615. The van der Waals surface area contributed by atoms with Crippen LogP contribution in [0.25, 0.3) is 28.7 Å². The topological polar surface area (TPSA) is 34.9 Å². The molecule has 0 fully saturated rings. The van der Waals surface area contributed by atoms with Crippen molar-refractivity contribution < 1.29 is 0 Å². The van der Waals surface area contributed by atoms with E-state index >= 15 is 0 Å². The molecule has 0 N–H and O–H groups in total. The molecule has 1 aromatic heterocycles. The molecule has 0 amide bonds. The monoisotopic (exact) mass is 478 g/mol. The van der Waals surface area contributed by atoms with Gasteiger partial charge in [-0.15, -0.1) is 0 Å². The second-order valence-corrected chi connectivity index (χ2v) is 8.10. The fourth-order valence-electron chi connectivity index (χ4n) is 3.17. The van der Waals surface area contributed by atoms with Crippen LogP contribution in [0.15, 0.2) is 71.5 Å². The Balaban J connectivity index is 1.95. The second kappa shape index (κ2) is 7.72. The molecular formula is C24H19IN2O.